The highest BCUT2D eigenvalue weighted by Gasteiger charge is 2.43. The first-order valence-electron chi connectivity index (χ1n) is 43.1. The number of hydrogen-bond acceptors (Lipinski definition) is 22. The largest absolute Gasteiger partial charge is 0.391 e. The molecule has 0 spiro atoms. The summed E-state index contributed by atoms with van der Waals surface area (Å²) in [6.45, 7) is 15.2. The normalized spacial score (nSPS) is 15.6. The molecular weight excluding hydrogens is 1660 g/mol. The van der Waals surface area contributed by atoms with Crippen LogP contribution in [0.4, 0.5) is 22.7 Å². The van der Waals surface area contributed by atoms with Crippen molar-refractivity contribution in [1.29, 1.82) is 0 Å². The quantitative estimate of drug-likeness (QED) is 0.00931. The van der Waals surface area contributed by atoms with E-state index in [2.05, 4.69) is 93.3 Å². The van der Waals surface area contributed by atoms with Gasteiger partial charge in [0.1, 0.15) is 71.6 Å². The van der Waals surface area contributed by atoms with Gasteiger partial charge in [0.15, 0.2) is 0 Å². The van der Waals surface area contributed by atoms with E-state index in [4.69, 9.17) is 0 Å². The molecule has 8 aromatic rings. The fraction of sp³-hybridized carbons (Fsp3) is 0.456. The van der Waals surface area contributed by atoms with Crippen LogP contribution in [0.2, 0.25) is 0 Å². The van der Waals surface area contributed by atoms with E-state index < -0.39 is 153 Å². The molecule has 38 heteroatoms. The van der Waals surface area contributed by atoms with Crippen LogP contribution in [-0.4, -0.2) is 236 Å². The molecule has 11 amide bonds. The number of aliphatic hydroxyl groups excluding tert-OH is 1. The van der Waals surface area contributed by atoms with Gasteiger partial charge in [-0.15, -0.1) is 0 Å². The molecule has 37 nitrogen and oxygen atoms in total. The van der Waals surface area contributed by atoms with Crippen LogP contribution >= 0.6 is 0 Å². The third-order valence-electron chi connectivity index (χ3n) is 22.5. The number of likely N-dealkylation sites (tertiary alicyclic amines) is 1. The molecule has 13 atom stereocenters. The summed E-state index contributed by atoms with van der Waals surface area (Å²) in [5.41, 5.74) is 4.84. The van der Waals surface area contributed by atoms with Crippen molar-refractivity contribution in [3.63, 3.8) is 0 Å². The Balaban J connectivity index is 0.860. The van der Waals surface area contributed by atoms with Crippen LogP contribution in [-0.2, 0) is 88.5 Å². The molecule has 0 aliphatic carbocycles. The Bertz CT molecular complexity index is 5200. The SMILES string of the molecule is CC[C@H](C)[C@H](NC(=O)CCCNC(=O)c1ccc(N=Nc2ccc(N(C)C)cc2)cc1)C(=O)N[C@@H](Cc1cnc[nH]1)C(=O)N1CCC[C@H]1C(=O)N[C@@H](Cc1ccccc1)C(=O)N[C@@H](Cc1cnc[nH]1)C(=O)N[C@@H](CC(C)C)C(=O)N[C@H](C(=O)N[C@H](C(=O)N[C@@H](Cc1cnc[nH]1)C(=O)N(CCNc1cccc2c(S(=O)(=O)O)cccc12)[C@H](C=O)[C@@H](C)O)[C@@H](C)CC)C(C)C. The van der Waals surface area contributed by atoms with Crippen molar-refractivity contribution in [2.24, 2.45) is 33.9 Å². The number of aromatic amines is 3. The number of imidazole rings is 3. The van der Waals surface area contributed by atoms with Crippen LogP contribution in [0.25, 0.3) is 10.8 Å². The molecule has 3 aromatic heterocycles. The second-order valence-electron chi connectivity index (χ2n) is 33.2. The van der Waals surface area contributed by atoms with Crippen molar-refractivity contribution in [3.8, 4) is 0 Å². The molecule has 15 N–H and O–H groups in total. The lowest BCUT2D eigenvalue weighted by Gasteiger charge is -2.34. The molecule has 4 heterocycles. The standard InChI is InChI=1S/C90H119N21O16S/c1-12-55(7)79(104-77(114)28-19-37-95-81(115)59-29-31-60(32-30-59)107-108-61-33-35-65(36-34-61)109(10)11)87(121)102-72(44-63-47-92-51-97-63)89(123)110-39-20-26-74(110)85(119)101-70(42-58-21-15-14-16-22-58)82(116)100-71(43-62-46-91-50-96-62)83(117)99-69(41-53(3)4)84(118)105-78(54(5)6)86(120)106-80(56(8)13-2)88(122)103-73(45-64-48-93-52-98-64)90(124)111(75(49-112)57(9)113)40-38-94-68-25-17-24-67-66(68)23-18-27-76(67)128(125,126)127/h14-18,21-25,27,29-36,46-57,69-75,78-80,94,113H,12-13,19-20,26,28,37-45H2,1-11H3,(H,91,96)(H,92,97)(H,93,98)(H,95,115)(H,99,117)(H,100,116)(H,101,119)(H,102,121)(H,103,122)(H,104,114)(H,105,118)(H,106,120)(H,125,126,127)/t55-,56-,57+,69-,70-,71-,72-,73-,74-,75+,78-,79-,80-/m0/s1. The van der Waals surface area contributed by atoms with Crippen LogP contribution in [0.1, 0.15) is 140 Å². The summed E-state index contributed by atoms with van der Waals surface area (Å²) < 4.78 is 34.6. The van der Waals surface area contributed by atoms with E-state index in [1.54, 1.807) is 121 Å². The van der Waals surface area contributed by atoms with Gasteiger partial charge in [-0.25, -0.2) is 15.0 Å². The summed E-state index contributed by atoms with van der Waals surface area (Å²) >= 11 is 0. The second kappa shape index (κ2) is 47.5. The highest BCUT2D eigenvalue weighted by atomic mass is 32.2. The predicted octanol–water partition coefficient (Wildman–Crippen LogP) is 5.77. The number of aromatic nitrogens is 6. The van der Waals surface area contributed by atoms with E-state index in [1.807, 2.05) is 50.2 Å². The average molecular weight is 1780 g/mol. The molecule has 686 valence electrons. The Hall–Kier alpha value is -13.1. The van der Waals surface area contributed by atoms with E-state index in [0.717, 1.165) is 10.6 Å². The van der Waals surface area contributed by atoms with E-state index in [0.29, 0.717) is 76.2 Å². The molecule has 9 rings (SSSR count). The summed E-state index contributed by atoms with van der Waals surface area (Å²) in [5.74, 6) is -9.83. The number of fused-ring (bicyclic) bond motifs is 1. The molecule has 0 saturated carbocycles. The monoisotopic (exact) mass is 1780 g/mol. The molecule has 1 aliphatic heterocycles. The van der Waals surface area contributed by atoms with Gasteiger partial charge in [-0.2, -0.15) is 18.6 Å². The number of H-pyrrole nitrogens is 3. The topological polar surface area (TPSA) is 520 Å². The van der Waals surface area contributed by atoms with Crippen molar-refractivity contribution in [1.82, 2.24) is 87.6 Å². The summed E-state index contributed by atoms with van der Waals surface area (Å²) in [7, 11) is -0.744. The minimum Gasteiger partial charge on any atom is -0.391 e. The van der Waals surface area contributed by atoms with Gasteiger partial charge >= 0.3 is 0 Å². The van der Waals surface area contributed by atoms with Gasteiger partial charge in [0.25, 0.3) is 16.0 Å². The number of azo groups is 1. The molecule has 1 aliphatic rings. The zero-order chi connectivity index (χ0) is 92.9. The van der Waals surface area contributed by atoms with Crippen LogP contribution in [0, 0.1) is 23.7 Å². The molecule has 0 bridgehead atoms. The van der Waals surface area contributed by atoms with Crippen LogP contribution in [0.3, 0.4) is 0 Å². The number of anilines is 2. The van der Waals surface area contributed by atoms with Crippen LogP contribution in [0.15, 0.2) is 168 Å². The fourth-order valence-electron chi connectivity index (χ4n) is 14.9. The van der Waals surface area contributed by atoms with Crippen molar-refractivity contribution in [3.05, 3.63) is 181 Å². The average Bonchev–Trinajstić information content (AvgIpc) is 0.964. The van der Waals surface area contributed by atoms with Gasteiger partial charge in [0.05, 0.1) is 36.5 Å². The summed E-state index contributed by atoms with van der Waals surface area (Å²) in [6, 6.07) is 18.4. The van der Waals surface area contributed by atoms with Gasteiger partial charge in [0.2, 0.25) is 59.1 Å². The van der Waals surface area contributed by atoms with Crippen molar-refractivity contribution < 1.29 is 75.6 Å². The minimum atomic E-state index is -4.63. The molecular formula is C90H119N21O16S. The number of amides is 11. The van der Waals surface area contributed by atoms with Gasteiger partial charge < -0.3 is 92.7 Å². The molecule has 0 unspecified atom stereocenters. The number of hydrogen-bond donors (Lipinski definition) is 15. The first kappa shape index (κ1) is 98.7. The van der Waals surface area contributed by atoms with Gasteiger partial charge in [-0.05, 0) is 123 Å². The van der Waals surface area contributed by atoms with E-state index in [1.165, 1.54) is 67.6 Å². The number of carbonyl (C=O) groups is 12. The maximum atomic E-state index is 15.2. The summed E-state index contributed by atoms with van der Waals surface area (Å²) in [4.78, 5) is 200. The van der Waals surface area contributed by atoms with E-state index >= 15 is 24.0 Å². The Morgan fingerprint density at radius 2 is 1.09 bits per heavy atom. The Morgan fingerprint density at radius 1 is 0.570 bits per heavy atom. The number of nitrogens with zero attached hydrogens (tertiary/aromatic N) is 8. The maximum absolute atomic E-state index is 15.2. The molecule has 0 radical (unpaired) electrons. The number of aldehydes is 1. The zero-order valence-electron chi connectivity index (χ0n) is 73.9. The lowest BCUT2D eigenvalue weighted by Crippen LogP contribution is -2.62. The van der Waals surface area contributed by atoms with Crippen LogP contribution < -0.4 is 58.1 Å². The number of carbonyl (C=O) groups excluding carboxylic acids is 12. The van der Waals surface area contributed by atoms with Gasteiger partial charge in [-0.3, -0.25) is 57.3 Å². The van der Waals surface area contributed by atoms with Gasteiger partial charge in [-0.1, -0.05) is 123 Å². The maximum Gasteiger partial charge on any atom is 0.295 e. The van der Waals surface area contributed by atoms with Crippen molar-refractivity contribution in [2.75, 3.05) is 50.5 Å². The third kappa shape index (κ3) is 28.2. The summed E-state index contributed by atoms with van der Waals surface area (Å²) in [6.07, 6.45) is 8.23. The second-order valence-corrected chi connectivity index (χ2v) is 34.6. The fourth-order valence-corrected chi connectivity index (χ4v) is 15.6. The first-order chi connectivity index (χ1) is 61.1. The number of rotatable bonds is 48. The Kier molecular flexibility index (Phi) is 36.6. The Labute approximate surface area is 744 Å². The number of nitrogens with one attached hydrogen (secondary N) is 13. The lowest BCUT2D eigenvalue weighted by molar-refractivity contribution is -0.143. The highest BCUT2D eigenvalue weighted by Crippen LogP contribution is 2.30. The molecule has 1 saturated heterocycles. The van der Waals surface area contributed by atoms with Crippen molar-refractivity contribution in [2.45, 2.75) is 204 Å². The number of aliphatic hydroxyl groups is 1. The lowest BCUT2D eigenvalue weighted by atomic mass is 9.95. The van der Waals surface area contributed by atoms with E-state index in [9.17, 15) is 51.6 Å². The molecule has 128 heavy (non-hydrogen) atoms. The molecule has 1 fully saturated rings. The zero-order valence-corrected chi connectivity index (χ0v) is 74.7. The minimum absolute atomic E-state index is 0.00392. The summed E-state index contributed by atoms with van der Waals surface area (Å²) in [5, 5.41) is 48.8. The van der Waals surface area contributed by atoms with Crippen molar-refractivity contribution >= 4 is 115 Å². The molecule has 5 aromatic carbocycles. The van der Waals surface area contributed by atoms with Crippen LogP contribution in [0.5, 0.6) is 0 Å². The first-order valence-corrected chi connectivity index (χ1v) is 44.5. The highest BCUT2D eigenvalue weighted by molar-refractivity contribution is 7.86. The van der Waals surface area contributed by atoms with Gasteiger partial charge in [0, 0.05) is 136 Å². The Morgan fingerprint density at radius 3 is 1.63 bits per heavy atom. The smallest absolute Gasteiger partial charge is 0.295 e. The predicted molar refractivity (Wildman–Crippen MR) is 479 cm³/mol. The van der Waals surface area contributed by atoms with E-state index in [-0.39, 0.29) is 99.7 Å². The third-order valence-corrected chi connectivity index (χ3v) is 23.4. The number of benzene rings is 5.